The van der Waals surface area contributed by atoms with Crippen LogP contribution in [0.5, 0.6) is 0 Å². The molecule has 0 radical (unpaired) electrons. The number of amides is 1. The maximum atomic E-state index is 12.4. The molecule has 1 N–H and O–H groups in total. The van der Waals surface area contributed by atoms with Gasteiger partial charge in [0.1, 0.15) is 0 Å². The molecule has 1 unspecified atom stereocenters. The smallest absolute Gasteiger partial charge is 0.408 e. The SMILES string of the molecule is CC(C)C(C)NC(=O)C1CCN(Cn2c(=O)oc3cc(Br)ccc32)CC1. The lowest BCUT2D eigenvalue weighted by molar-refractivity contribution is -0.127. The summed E-state index contributed by atoms with van der Waals surface area (Å²) in [7, 11) is 0. The van der Waals surface area contributed by atoms with Gasteiger partial charge in [0.15, 0.2) is 5.58 Å². The van der Waals surface area contributed by atoms with E-state index in [9.17, 15) is 9.59 Å². The van der Waals surface area contributed by atoms with Crippen molar-refractivity contribution in [2.75, 3.05) is 13.1 Å². The van der Waals surface area contributed by atoms with Gasteiger partial charge in [-0.1, -0.05) is 29.8 Å². The zero-order valence-electron chi connectivity index (χ0n) is 15.5. The minimum atomic E-state index is -0.344. The number of hydrogen-bond donors (Lipinski definition) is 1. The Morgan fingerprint density at radius 3 is 2.65 bits per heavy atom. The van der Waals surface area contributed by atoms with Crippen LogP contribution in [-0.2, 0) is 11.5 Å². The summed E-state index contributed by atoms with van der Waals surface area (Å²) in [5.74, 6) is 0.298. The molecular formula is C19H26BrN3O3. The van der Waals surface area contributed by atoms with Crippen LogP contribution in [0.3, 0.4) is 0 Å². The van der Waals surface area contributed by atoms with E-state index >= 15 is 0 Å². The lowest BCUT2D eigenvalue weighted by Crippen LogP contribution is -2.45. The van der Waals surface area contributed by atoms with E-state index in [1.807, 2.05) is 19.1 Å². The molecule has 1 amide bonds. The summed E-state index contributed by atoms with van der Waals surface area (Å²) in [5.41, 5.74) is 1.38. The van der Waals surface area contributed by atoms with E-state index in [0.717, 1.165) is 35.9 Å². The monoisotopic (exact) mass is 423 g/mol. The average Bonchev–Trinajstić information content (AvgIpc) is 2.90. The Morgan fingerprint density at radius 2 is 2.00 bits per heavy atom. The van der Waals surface area contributed by atoms with Gasteiger partial charge in [0, 0.05) is 29.5 Å². The number of oxazole rings is 1. The molecule has 2 heterocycles. The molecule has 142 valence electrons. The van der Waals surface area contributed by atoms with Gasteiger partial charge >= 0.3 is 5.76 Å². The minimum Gasteiger partial charge on any atom is -0.408 e. The van der Waals surface area contributed by atoms with E-state index < -0.39 is 0 Å². The van der Waals surface area contributed by atoms with Crippen LogP contribution >= 0.6 is 15.9 Å². The first-order valence-electron chi connectivity index (χ1n) is 9.16. The molecule has 1 aliphatic rings. The molecule has 0 aliphatic carbocycles. The first kappa shape index (κ1) is 19.2. The standard InChI is InChI=1S/C19H26BrN3O3/c1-12(2)13(3)21-18(24)14-6-8-22(9-7-14)11-23-16-5-4-15(20)10-17(16)26-19(23)25/h4-5,10,12-14H,6-9,11H2,1-3H3,(H,21,24). The third-order valence-electron chi connectivity index (χ3n) is 5.30. The predicted octanol–water partition coefficient (Wildman–Crippen LogP) is 3.19. The number of aromatic nitrogens is 1. The number of carbonyl (C=O) groups is 1. The predicted molar refractivity (Wildman–Crippen MR) is 105 cm³/mol. The maximum Gasteiger partial charge on any atom is 0.421 e. The molecule has 0 saturated carbocycles. The fraction of sp³-hybridized carbons (Fsp3) is 0.579. The van der Waals surface area contributed by atoms with Crippen molar-refractivity contribution in [3.05, 3.63) is 33.2 Å². The van der Waals surface area contributed by atoms with Crippen molar-refractivity contribution in [2.45, 2.75) is 46.3 Å². The van der Waals surface area contributed by atoms with Crippen molar-refractivity contribution in [2.24, 2.45) is 11.8 Å². The molecule has 1 aromatic heterocycles. The van der Waals surface area contributed by atoms with E-state index in [0.29, 0.717) is 18.2 Å². The van der Waals surface area contributed by atoms with E-state index in [-0.39, 0.29) is 23.6 Å². The van der Waals surface area contributed by atoms with Crippen molar-refractivity contribution in [3.63, 3.8) is 0 Å². The van der Waals surface area contributed by atoms with Gasteiger partial charge in [0.2, 0.25) is 5.91 Å². The second-order valence-corrected chi connectivity index (χ2v) is 8.40. The summed E-state index contributed by atoms with van der Waals surface area (Å²) in [5, 5.41) is 3.12. The molecule has 1 fully saturated rings. The highest BCUT2D eigenvalue weighted by Gasteiger charge is 2.27. The molecule has 1 aromatic carbocycles. The van der Waals surface area contributed by atoms with Crippen LogP contribution in [0.2, 0.25) is 0 Å². The zero-order valence-corrected chi connectivity index (χ0v) is 17.1. The molecule has 0 bridgehead atoms. The maximum absolute atomic E-state index is 12.4. The highest BCUT2D eigenvalue weighted by molar-refractivity contribution is 9.10. The Kier molecular flexibility index (Phi) is 5.87. The van der Waals surface area contributed by atoms with Crippen molar-refractivity contribution in [3.8, 4) is 0 Å². The number of benzene rings is 1. The van der Waals surface area contributed by atoms with Crippen LogP contribution in [0.4, 0.5) is 0 Å². The average molecular weight is 424 g/mol. The van der Waals surface area contributed by atoms with Crippen LogP contribution in [0.15, 0.2) is 31.9 Å². The van der Waals surface area contributed by atoms with Gasteiger partial charge in [-0.05, 0) is 43.9 Å². The van der Waals surface area contributed by atoms with Gasteiger partial charge in [-0.25, -0.2) is 4.79 Å². The number of rotatable bonds is 5. The highest BCUT2D eigenvalue weighted by Crippen LogP contribution is 2.22. The number of likely N-dealkylation sites (tertiary alicyclic amines) is 1. The second-order valence-electron chi connectivity index (χ2n) is 7.48. The molecule has 7 heteroatoms. The van der Waals surface area contributed by atoms with Crippen LogP contribution in [0.1, 0.15) is 33.6 Å². The summed E-state index contributed by atoms with van der Waals surface area (Å²) in [6.07, 6.45) is 1.62. The highest BCUT2D eigenvalue weighted by atomic mass is 79.9. The van der Waals surface area contributed by atoms with Gasteiger partial charge < -0.3 is 9.73 Å². The van der Waals surface area contributed by atoms with Crippen molar-refractivity contribution >= 4 is 32.9 Å². The lowest BCUT2D eigenvalue weighted by Gasteiger charge is -2.32. The van der Waals surface area contributed by atoms with Crippen LogP contribution in [0, 0.1) is 11.8 Å². The summed E-state index contributed by atoms with van der Waals surface area (Å²) in [6.45, 7) is 8.35. The van der Waals surface area contributed by atoms with Gasteiger partial charge in [-0.3, -0.25) is 14.3 Å². The third-order valence-corrected chi connectivity index (χ3v) is 5.79. The quantitative estimate of drug-likeness (QED) is 0.801. The summed E-state index contributed by atoms with van der Waals surface area (Å²) >= 11 is 3.39. The van der Waals surface area contributed by atoms with Gasteiger partial charge in [0.05, 0.1) is 12.2 Å². The molecule has 1 atom stereocenters. The Hall–Kier alpha value is -1.60. The topological polar surface area (TPSA) is 67.5 Å². The van der Waals surface area contributed by atoms with Crippen LogP contribution in [0.25, 0.3) is 11.1 Å². The molecule has 6 nitrogen and oxygen atoms in total. The number of hydrogen-bond acceptors (Lipinski definition) is 4. The molecule has 0 spiro atoms. The fourth-order valence-corrected chi connectivity index (χ4v) is 3.56. The first-order valence-corrected chi connectivity index (χ1v) is 9.96. The summed E-state index contributed by atoms with van der Waals surface area (Å²) in [4.78, 5) is 26.8. The summed E-state index contributed by atoms with van der Waals surface area (Å²) < 4.78 is 7.87. The number of fused-ring (bicyclic) bond motifs is 1. The zero-order chi connectivity index (χ0) is 18.8. The van der Waals surface area contributed by atoms with E-state index in [1.165, 1.54) is 0 Å². The third kappa shape index (κ3) is 4.20. The van der Waals surface area contributed by atoms with Crippen molar-refractivity contribution in [1.29, 1.82) is 0 Å². The van der Waals surface area contributed by atoms with Crippen LogP contribution in [-0.4, -0.2) is 34.5 Å². The van der Waals surface area contributed by atoms with Gasteiger partial charge in [-0.15, -0.1) is 0 Å². The molecular weight excluding hydrogens is 398 g/mol. The Labute approximate surface area is 161 Å². The van der Waals surface area contributed by atoms with E-state index in [1.54, 1.807) is 10.6 Å². The van der Waals surface area contributed by atoms with E-state index in [4.69, 9.17) is 4.42 Å². The van der Waals surface area contributed by atoms with Gasteiger partial charge in [0.25, 0.3) is 0 Å². The summed E-state index contributed by atoms with van der Waals surface area (Å²) in [6, 6.07) is 5.79. The van der Waals surface area contributed by atoms with E-state index in [2.05, 4.69) is 40.0 Å². The molecule has 1 aliphatic heterocycles. The Morgan fingerprint density at radius 1 is 1.31 bits per heavy atom. The lowest BCUT2D eigenvalue weighted by atomic mass is 9.95. The first-order chi connectivity index (χ1) is 12.3. The number of nitrogens with zero attached hydrogens (tertiary/aromatic N) is 2. The number of nitrogens with one attached hydrogen (secondary N) is 1. The molecule has 1 saturated heterocycles. The fourth-order valence-electron chi connectivity index (χ4n) is 3.22. The largest absolute Gasteiger partial charge is 0.421 e. The molecule has 26 heavy (non-hydrogen) atoms. The number of carbonyl (C=O) groups excluding carboxylic acids is 1. The second kappa shape index (κ2) is 7.96. The minimum absolute atomic E-state index is 0.0567. The van der Waals surface area contributed by atoms with Crippen LogP contribution < -0.4 is 11.1 Å². The van der Waals surface area contributed by atoms with Gasteiger partial charge in [-0.2, -0.15) is 0 Å². The number of piperidine rings is 1. The Balaban J connectivity index is 1.60. The normalized spacial score (nSPS) is 17.7. The molecule has 2 aromatic rings. The van der Waals surface area contributed by atoms with Crippen molar-refractivity contribution in [1.82, 2.24) is 14.8 Å². The van der Waals surface area contributed by atoms with Crippen molar-refractivity contribution < 1.29 is 9.21 Å². The number of halogens is 1. The molecule has 3 rings (SSSR count). The Bertz CT molecular complexity index is 834.